The van der Waals surface area contributed by atoms with Crippen molar-refractivity contribution >= 4 is 34.6 Å². The van der Waals surface area contributed by atoms with Crippen LogP contribution in [0.1, 0.15) is 5.82 Å². The van der Waals surface area contributed by atoms with Crippen molar-refractivity contribution in [3.8, 4) is 0 Å². The summed E-state index contributed by atoms with van der Waals surface area (Å²) in [4.78, 5) is 3.90. The lowest BCUT2D eigenvalue weighted by molar-refractivity contribution is 0.410. The predicted molar refractivity (Wildman–Crippen MR) is 67.4 cm³/mol. The lowest BCUT2D eigenvalue weighted by atomic mass is 10.2. The Morgan fingerprint density at radius 1 is 1.29 bits per heavy atom. The van der Waals surface area contributed by atoms with Crippen LogP contribution in [0.15, 0.2) is 23.0 Å². The molecular weight excluding hydrogens is 263 g/mol. The van der Waals surface area contributed by atoms with Crippen molar-refractivity contribution in [1.82, 2.24) is 10.1 Å². The van der Waals surface area contributed by atoms with Crippen molar-refractivity contribution in [2.45, 2.75) is 6.42 Å². The van der Waals surface area contributed by atoms with E-state index >= 15 is 0 Å². The van der Waals surface area contributed by atoms with Crippen molar-refractivity contribution in [3.63, 3.8) is 0 Å². The zero-order valence-corrected chi connectivity index (χ0v) is 10.3. The second-order valence-corrected chi connectivity index (χ2v) is 4.20. The average molecular weight is 273 g/mol. The van der Waals surface area contributed by atoms with E-state index in [9.17, 15) is 0 Å². The van der Waals surface area contributed by atoms with Crippen molar-refractivity contribution in [2.24, 2.45) is 0 Å². The Morgan fingerprint density at radius 2 is 2.00 bits per heavy atom. The van der Waals surface area contributed by atoms with E-state index in [1.54, 1.807) is 12.1 Å². The van der Waals surface area contributed by atoms with E-state index in [2.05, 4.69) is 20.0 Å². The summed E-state index contributed by atoms with van der Waals surface area (Å²) >= 11 is 12.0. The molecule has 0 aliphatic rings. The number of halogens is 2. The number of benzene rings is 1. The highest BCUT2D eigenvalue weighted by atomic mass is 35.5. The maximum absolute atomic E-state index is 6.02. The minimum atomic E-state index is 0.489. The first-order valence-corrected chi connectivity index (χ1v) is 5.66. The zero-order chi connectivity index (χ0) is 12.3. The van der Waals surface area contributed by atoms with Gasteiger partial charge in [-0.3, -0.25) is 0 Å². The van der Waals surface area contributed by atoms with Crippen LogP contribution in [0.25, 0.3) is 0 Å². The largest absolute Gasteiger partial charge is 0.399 e. The summed E-state index contributed by atoms with van der Waals surface area (Å²) < 4.78 is 4.62. The van der Waals surface area contributed by atoms with E-state index < -0.39 is 0 Å². The summed E-state index contributed by atoms with van der Waals surface area (Å²) in [5, 5.41) is 7.78. The fraction of sp³-hybridized carbons (Fsp3) is 0.200. The Kier molecular flexibility index (Phi) is 3.71. The van der Waals surface area contributed by atoms with E-state index in [0.717, 1.165) is 0 Å². The number of nitrogen functional groups attached to an aromatic ring is 1. The number of nitrogens with zero attached hydrogens (tertiary/aromatic N) is 2. The molecule has 1 aromatic carbocycles. The standard InChI is InChI=1S/C10H10Cl2N4O/c11-7-3-6(13)4-8(12)10(7)14-2-1-9-15-5-17-16-9/h3-5,14H,1-2,13H2. The van der Waals surface area contributed by atoms with Crippen molar-refractivity contribution < 1.29 is 4.52 Å². The van der Waals surface area contributed by atoms with Gasteiger partial charge in [0.25, 0.3) is 0 Å². The average Bonchev–Trinajstić information content (AvgIpc) is 2.74. The fourth-order valence-electron chi connectivity index (χ4n) is 1.36. The third-order valence-electron chi connectivity index (χ3n) is 2.12. The van der Waals surface area contributed by atoms with Crippen LogP contribution in [0.5, 0.6) is 0 Å². The molecule has 5 nitrogen and oxygen atoms in total. The Labute approximate surface area is 108 Å². The smallest absolute Gasteiger partial charge is 0.213 e. The van der Waals surface area contributed by atoms with E-state index in [0.29, 0.717) is 40.2 Å². The third-order valence-corrected chi connectivity index (χ3v) is 2.72. The molecule has 0 saturated carbocycles. The molecule has 1 aromatic heterocycles. The topological polar surface area (TPSA) is 77.0 Å². The second kappa shape index (κ2) is 5.25. The van der Waals surface area contributed by atoms with Gasteiger partial charge in [-0.1, -0.05) is 28.4 Å². The molecular formula is C10H10Cl2N4O. The summed E-state index contributed by atoms with van der Waals surface area (Å²) in [7, 11) is 0. The first-order valence-electron chi connectivity index (χ1n) is 4.90. The van der Waals surface area contributed by atoms with Crippen LogP contribution in [0.4, 0.5) is 11.4 Å². The van der Waals surface area contributed by atoms with Gasteiger partial charge in [0, 0.05) is 18.7 Å². The van der Waals surface area contributed by atoms with Crippen LogP contribution in [0.3, 0.4) is 0 Å². The van der Waals surface area contributed by atoms with E-state index in [-0.39, 0.29) is 0 Å². The van der Waals surface area contributed by atoms with Crippen LogP contribution in [-0.2, 0) is 6.42 Å². The molecule has 0 aliphatic heterocycles. The number of hydrogen-bond acceptors (Lipinski definition) is 5. The molecule has 1 heterocycles. The van der Waals surface area contributed by atoms with Crippen molar-refractivity contribution in [1.29, 1.82) is 0 Å². The van der Waals surface area contributed by atoms with Crippen molar-refractivity contribution in [2.75, 3.05) is 17.6 Å². The molecule has 0 bridgehead atoms. The van der Waals surface area contributed by atoms with E-state index in [4.69, 9.17) is 28.9 Å². The monoisotopic (exact) mass is 272 g/mol. The van der Waals surface area contributed by atoms with Gasteiger partial charge < -0.3 is 15.6 Å². The zero-order valence-electron chi connectivity index (χ0n) is 8.78. The molecule has 90 valence electrons. The van der Waals surface area contributed by atoms with Gasteiger partial charge in [-0.05, 0) is 12.1 Å². The van der Waals surface area contributed by atoms with Gasteiger partial charge in [0.2, 0.25) is 6.39 Å². The molecule has 2 rings (SSSR count). The summed E-state index contributed by atoms with van der Waals surface area (Å²) in [5.41, 5.74) is 6.79. The molecule has 17 heavy (non-hydrogen) atoms. The van der Waals surface area contributed by atoms with Gasteiger partial charge in [-0.15, -0.1) is 0 Å². The van der Waals surface area contributed by atoms with Crippen molar-refractivity contribution in [3.05, 3.63) is 34.4 Å². The molecule has 0 fully saturated rings. The Bertz CT molecular complexity index is 478. The minimum Gasteiger partial charge on any atom is -0.399 e. The highest BCUT2D eigenvalue weighted by Gasteiger charge is 2.07. The minimum absolute atomic E-state index is 0.489. The number of aromatic nitrogens is 2. The number of anilines is 2. The summed E-state index contributed by atoms with van der Waals surface area (Å²) in [5.74, 6) is 0.625. The predicted octanol–water partition coefficient (Wildman–Crippen LogP) is 2.61. The number of nitrogens with one attached hydrogen (secondary N) is 1. The first-order chi connectivity index (χ1) is 8.16. The summed E-state index contributed by atoms with van der Waals surface area (Å²) in [6, 6.07) is 3.29. The maximum Gasteiger partial charge on any atom is 0.213 e. The molecule has 0 atom stereocenters. The van der Waals surface area contributed by atoms with Crippen LogP contribution < -0.4 is 11.1 Å². The van der Waals surface area contributed by atoms with Gasteiger partial charge in [0.15, 0.2) is 5.82 Å². The molecule has 2 aromatic rings. The van der Waals surface area contributed by atoms with Gasteiger partial charge >= 0.3 is 0 Å². The summed E-state index contributed by atoms with van der Waals surface area (Å²) in [6.45, 7) is 0.600. The molecule has 0 spiro atoms. The van der Waals surface area contributed by atoms with Crippen LogP contribution in [0.2, 0.25) is 10.0 Å². The molecule has 0 unspecified atom stereocenters. The van der Waals surface area contributed by atoms with Crippen LogP contribution in [0, 0.1) is 0 Å². The normalized spacial score (nSPS) is 10.5. The number of hydrogen-bond donors (Lipinski definition) is 2. The number of nitrogens with two attached hydrogens (primary N) is 1. The summed E-state index contributed by atoms with van der Waals surface area (Å²) in [6.07, 6.45) is 1.91. The molecule has 0 amide bonds. The highest BCUT2D eigenvalue weighted by Crippen LogP contribution is 2.32. The lowest BCUT2D eigenvalue weighted by Gasteiger charge is -2.10. The molecule has 0 aliphatic carbocycles. The molecule has 7 heteroatoms. The SMILES string of the molecule is Nc1cc(Cl)c(NCCc2ncon2)c(Cl)c1. The quantitative estimate of drug-likeness (QED) is 0.837. The second-order valence-electron chi connectivity index (χ2n) is 3.38. The Morgan fingerprint density at radius 3 is 2.59 bits per heavy atom. The fourth-order valence-corrected chi connectivity index (χ4v) is 2.00. The third kappa shape index (κ3) is 3.01. The van der Waals surface area contributed by atoms with Crippen LogP contribution >= 0.6 is 23.2 Å². The van der Waals surface area contributed by atoms with Gasteiger partial charge in [0.1, 0.15) is 0 Å². The van der Waals surface area contributed by atoms with Gasteiger partial charge in [0.05, 0.1) is 15.7 Å². The molecule has 0 saturated heterocycles. The Balaban J connectivity index is 1.99. The van der Waals surface area contributed by atoms with Gasteiger partial charge in [-0.2, -0.15) is 4.98 Å². The molecule has 3 N–H and O–H groups in total. The molecule has 0 radical (unpaired) electrons. The highest BCUT2D eigenvalue weighted by molar-refractivity contribution is 6.39. The Hall–Kier alpha value is -1.46. The first kappa shape index (κ1) is 12.0. The van der Waals surface area contributed by atoms with Gasteiger partial charge in [-0.25, -0.2) is 0 Å². The van der Waals surface area contributed by atoms with E-state index in [1.807, 2.05) is 0 Å². The lowest BCUT2D eigenvalue weighted by Crippen LogP contribution is -2.07. The maximum atomic E-state index is 6.02. The van der Waals surface area contributed by atoms with Crippen LogP contribution in [-0.4, -0.2) is 16.7 Å². The number of rotatable bonds is 4. The van der Waals surface area contributed by atoms with E-state index in [1.165, 1.54) is 6.39 Å².